The zero-order valence-electron chi connectivity index (χ0n) is 12.6. The van der Waals surface area contributed by atoms with Crippen LogP contribution in [0.3, 0.4) is 0 Å². The number of aryl methyl sites for hydroxylation is 1. The van der Waals surface area contributed by atoms with E-state index in [9.17, 15) is 8.42 Å². The van der Waals surface area contributed by atoms with Crippen molar-refractivity contribution in [3.05, 3.63) is 42.0 Å². The van der Waals surface area contributed by atoms with E-state index in [1.165, 1.54) is 6.07 Å². The van der Waals surface area contributed by atoms with Gasteiger partial charge in [-0.15, -0.1) is 0 Å². The van der Waals surface area contributed by atoms with E-state index in [0.29, 0.717) is 17.1 Å². The van der Waals surface area contributed by atoms with Crippen molar-refractivity contribution in [1.82, 2.24) is 0 Å². The van der Waals surface area contributed by atoms with Crippen molar-refractivity contribution in [3.8, 4) is 11.5 Å². The average Bonchev–Trinajstić information content (AvgIpc) is 2.45. The van der Waals surface area contributed by atoms with Gasteiger partial charge in [0.1, 0.15) is 11.5 Å². The van der Waals surface area contributed by atoms with E-state index < -0.39 is 10.0 Å². The quantitative estimate of drug-likeness (QED) is 0.882. The van der Waals surface area contributed by atoms with Crippen LogP contribution in [-0.4, -0.2) is 22.6 Å². The summed E-state index contributed by atoms with van der Waals surface area (Å²) in [4.78, 5) is 0.112. The second kappa shape index (κ2) is 6.25. The molecule has 0 amide bonds. The lowest BCUT2D eigenvalue weighted by Gasteiger charge is -2.12. The molecule has 2 aromatic carbocycles. The Kier molecular flexibility index (Phi) is 4.58. The van der Waals surface area contributed by atoms with Gasteiger partial charge in [0.15, 0.2) is 0 Å². The molecule has 0 bridgehead atoms. The number of primary sulfonamides is 1. The number of anilines is 2. The lowest BCUT2D eigenvalue weighted by Crippen LogP contribution is -2.13. The standard InChI is InChI=1S/C15H18N2O4S/c1-10-6-11(4-5-15(10)22(16,18)19)17-12-7-13(20-2)9-14(8-12)21-3/h4-9,17H,1-3H3,(H2,16,18,19). The second-order valence-corrected chi connectivity index (χ2v) is 6.28. The summed E-state index contributed by atoms with van der Waals surface area (Å²) in [5.41, 5.74) is 2.07. The van der Waals surface area contributed by atoms with Gasteiger partial charge < -0.3 is 14.8 Å². The number of sulfonamides is 1. The van der Waals surface area contributed by atoms with Crippen LogP contribution in [0, 0.1) is 6.92 Å². The fourth-order valence-corrected chi connectivity index (χ4v) is 2.86. The fourth-order valence-electron chi connectivity index (χ4n) is 2.09. The minimum atomic E-state index is -3.71. The Morgan fingerprint density at radius 3 is 2.00 bits per heavy atom. The third kappa shape index (κ3) is 3.69. The maximum Gasteiger partial charge on any atom is 0.238 e. The monoisotopic (exact) mass is 322 g/mol. The van der Waals surface area contributed by atoms with Crippen LogP contribution in [0.4, 0.5) is 11.4 Å². The summed E-state index contributed by atoms with van der Waals surface area (Å²) in [7, 11) is -0.566. The summed E-state index contributed by atoms with van der Waals surface area (Å²) in [5.74, 6) is 1.31. The molecular weight excluding hydrogens is 304 g/mol. The van der Waals surface area contributed by atoms with Crippen LogP contribution in [0.25, 0.3) is 0 Å². The molecular formula is C15H18N2O4S. The Morgan fingerprint density at radius 1 is 0.955 bits per heavy atom. The minimum absolute atomic E-state index is 0.112. The lowest BCUT2D eigenvalue weighted by atomic mass is 10.2. The summed E-state index contributed by atoms with van der Waals surface area (Å²) in [6.07, 6.45) is 0. The lowest BCUT2D eigenvalue weighted by molar-refractivity contribution is 0.395. The second-order valence-electron chi connectivity index (χ2n) is 4.75. The van der Waals surface area contributed by atoms with Crippen LogP contribution >= 0.6 is 0 Å². The van der Waals surface area contributed by atoms with Gasteiger partial charge in [0.2, 0.25) is 10.0 Å². The summed E-state index contributed by atoms with van der Waals surface area (Å²) >= 11 is 0. The van der Waals surface area contributed by atoms with Gasteiger partial charge in [0, 0.05) is 29.6 Å². The Morgan fingerprint density at radius 2 is 1.55 bits per heavy atom. The number of nitrogens with one attached hydrogen (secondary N) is 1. The molecule has 3 N–H and O–H groups in total. The molecule has 22 heavy (non-hydrogen) atoms. The van der Waals surface area contributed by atoms with Gasteiger partial charge in [0.05, 0.1) is 19.1 Å². The molecule has 2 rings (SSSR count). The van der Waals surface area contributed by atoms with Crippen molar-refractivity contribution in [2.75, 3.05) is 19.5 Å². The number of nitrogens with two attached hydrogens (primary N) is 1. The number of rotatable bonds is 5. The molecule has 0 heterocycles. The smallest absolute Gasteiger partial charge is 0.238 e. The summed E-state index contributed by atoms with van der Waals surface area (Å²) < 4.78 is 33.2. The van der Waals surface area contributed by atoms with E-state index >= 15 is 0 Å². The van der Waals surface area contributed by atoms with Gasteiger partial charge in [-0.2, -0.15) is 0 Å². The maximum absolute atomic E-state index is 11.4. The van der Waals surface area contributed by atoms with Crippen molar-refractivity contribution < 1.29 is 17.9 Å². The van der Waals surface area contributed by atoms with Crippen molar-refractivity contribution in [3.63, 3.8) is 0 Å². The molecule has 0 saturated carbocycles. The molecule has 0 saturated heterocycles. The van der Waals surface area contributed by atoms with Crippen molar-refractivity contribution in [1.29, 1.82) is 0 Å². The highest BCUT2D eigenvalue weighted by atomic mass is 32.2. The molecule has 0 aliphatic rings. The third-order valence-corrected chi connectivity index (χ3v) is 4.19. The van der Waals surface area contributed by atoms with Gasteiger partial charge in [-0.3, -0.25) is 0 Å². The van der Waals surface area contributed by atoms with Crippen LogP contribution in [0.15, 0.2) is 41.3 Å². The predicted octanol–water partition coefficient (Wildman–Crippen LogP) is 2.40. The van der Waals surface area contributed by atoms with E-state index in [4.69, 9.17) is 14.6 Å². The molecule has 118 valence electrons. The number of benzene rings is 2. The van der Waals surface area contributed by atoms with E-state index in [-0.39, 0.29) is 4.90 Å². The van der Waals surface area contributed by atoms with E-state index in [2.05, 4.69) is 5.32 Å². The minimum Gasteiger partial charge on any atom is -0.497 e. The highest BCUT2D eigenvalue weighted by Crippen LogP contribution is 2.29. The molecule has 0 unspecified atom stereocenters. The van der Waals surface area contributed by atoms with Crippen LogP contribution in [0.1, 0.15) is 5.56 Å². The predicted molar refractivity (Wildman–Crippen MR) is 85.4 cm³/mol. The molecule has 6 nitrogen and oxygen atoms in total. The maximum atomic E-state index is 11.4. The Balaban J connectivity index is 2.33. The average molecular weight is 322 g/mol. The van der Waals surface area contributed by atoms with E-state index in [0.717, 1.165) is 11.4 Å². The number of hydrogen-bond acceptors (Lipinski definition) is 5. The molecule has 0 radical (unpaired) electrons. The zero-order chi connectivity index (χ0) is 16.3. The van der Waals surface area contributed by atoms with Crippen LogP contribution in [-0.2, 0) is 10.0 Å². The van der Waals surface area contributed by atoms with Crippen molar-refractivity contribution >= 4 is 21.4 Å². The molecule has 0 aliphatic heterocycles. The van der Waals surface area contributed by atoms with Gasteiger partial charge in [0.25, 0.3) is 0 Å². The summed E-state index contributed by atoms with van der Waals surface area (Å²) in [5, 5.41) is 8.33. The Bertz CT molecular complexity index is 766. The molecule has 0 fully saturated rings. The number of ether oxygens (including phenoxy) is 2. The fraction of sp³-hybridized carbons (Fsp3) is 0.200. The Labute approximate surface area is 129 Å². The van der Waals surface area contributed by atoms with Gasteiger partial charge >= 0.3 is 0 Å². The largest absolute Gasteiger partial charge is 0.497 e. The first-order valence-electron chi connectivity index (χ1n) is 6.47. The molecule has 7 heteroatoms. The highest BCUT2D eigenvalue weighted by Gasteiger charge is 2.11. The first-order chi connectivity index (χ1) is 10.3. The normalized spacial score (nSPS) is 11.1. The van der Waals surface area contributed by atoms with Crippen LogP contribution in [0.2, 0.25) is 0 Å². The molecule has 0 atom stereocenters. The molecule has 0 spiro atoms. The van der Waals surface area contributed by atoms with Gasteiger partial charge in [-0.05, 0) is 30.7 Å². The highest BCUT2D eigenvalue weighted by molar-refractivity contribution is 7.89. The first-order valence-corrected chi connectivity index (χ1v) is 8.01. The van der Waals surface area contributed by atoms with E-state index in [1.807, 2.05) is 12.1 Å². The molecule has 2 aromatic rings. The van der Waals surface area contributed by atoms with Gasteiger partial charge in [-0.25, -0.2) is 13.6 Å². The third-order valence-electron chi connectivity index (χ3n) is 3.12. The van der Waals surface area contributed by atoms with Crippen molar-refractivity contribution in [2.45, 2.75) is 11.8 Å². The van der Waals surface area contributed by atoms with Gasteiger partial charge in [-0.1, -0.05) is 0 Å². The van der Waals surface area contributed by atoms with Crippen LogP contribution < -0.4 is 19.9 Å². The molecule has 0 aromatic heterocycles. The van der Waals surface area contributed by atoms with Crippen molar-refractivity contribution in [2.24, 2.45) is 5.14 Å². The van der Waals surface area contributed by atoms with Crippen LogP contribution in [0.5, 0.6) is 11.5 Å². The Hall–Kier alpha value is -2.25. The molecule has 0 aliphatic carbocycles. The number of hydrogen-bond donors (Lipinski definition) is 2. The topological polar surface area (TPSA) is 90.6 Å². The van der Waals surface area contributed by atoms with E-state index in [1.54, 1.807) is 39.3 Å². The summed E-state index contributed by atoms with van der Waals surface area (Å²) in [6.45, 7) is 1.69. The summed E-state index contributed by atoms with van der Waals surface area (Å²) in [6, 6.07) is 10.2. The first kappa shape index (κ1) is 16.1. The number of methoxy groups -OCH3 is 2. The SMILES string of the molecule is COc1cc(Nc2ccc(S(N)(=O)=O)c(C)c2)cc(OC)c1. The zero-order valence-corrected chi connectivity index (χ0v) is 13.4.